The average molecular weight is 238 g/mol. The molecule has 2 amide bonds. The van der Waals surface area contributed by atoms with Crippen molar-refractivity contribution in [3.8, 4) is 0 Å². The first-order valence-electron chi connectivity index (χ1n) is 6.35. The number of nitrogens with one attached hydrogen (secondary N) is 2. The highest BCUT2D eigenvalue weighted by molar-refractivity contribution is 6.08. The first kappa shape index (κ1) is 12.4. The second-order valence-corrected chi connectivity index (χ2v) is 5.38. The number of hydrogen-bond donors (Lipinski definition) is 2. The number of carbonyl (C=O) groups is 1. The first-order chi connectivity index (χ1) is 7.97. The third-order valence-electron chi connectivity index (χ3n) is 4.22. The fourth-order valence-electron chi connectivity index (χ4n) is 2.91. The fourth-order valence-corrected chi connectivity index (χ4v) is 2.91. The zero-order valence-electron chi connectivity index (χ0n) is 10.9. The van der Waals surface area contributed by atoms with Crippen LogP contribution in [-0.2, 0) is 0 Å². The quantitative estimate of drug-likeness (QED) is 0.722. The maximum absolute atomic E-state index is 11.6. The lowest BCUT2D eigenvalue weighted by molar-refractivity contribution is 0.178. The predicted molar refractivity (Wildman–Crippen MR) is 67.3 cm³/mol. The zero-order valence-corrected chi connectivity index (χ0v) is 10.9. The van der Waals surface area contributed by atoms with Crippen LogP contribution in [0.3, 0.4) is 0 Å². The highest BCUT2D eigenvalue weighted by atomic mass is 16.2. The number of carbonyl (C=O) groups excluding carboxylic acids is 1. The van der Waals surface area contributed by atoms with Crippen molar-refractivity contribution >= 4 is 11.9 Å². The van der Waals surface area contributed by atoms with E-state index in [1.54, 1.807) is 4.90 Å². The summed E-state index contributed by atoms with van der Waals surface area (Å²) in [5.41, 5.74) is -0.374. The van der Waals surface area contributed by atoms with Gasteiger partial charge in [0.05, 0.1) is 0 Å². The van der Waals surface area contributed by atoms with E-state index in [4.69, 9.17) is 5.41 Å². The second kappa shape index (κ2) is 4.29. The van der Waals surface area contributed by atoms with Crippen LogP contribution in [0, 0.1) is 5.41 Å². The molecule has 1 unspecified atom stereocenters. The molecule has 2 fully saturated rings. The molecule has 0 aliphatic carbocycles. The summed E-state index contributed by atoms with van der Waals surface area (Å²) in [6.07, 6.45) is 2.80. The second-order valence-electron chi connectivity index (χ2n) is 5.38. The lowest BCUT2D eigenvalue weighted by Crippen LogP contribution is -2.48. The molecule has 5 heteroatoms. The van der Waals surface area contributed by atoms with Crippen LogP contribution < -0.4 is 5.32 Å². The predicted octanol–water partition coefficient (Wildman–Crippen LogP) is 1.25. The van der Waals surface area contributed by atoms with Crippen molar-refractivity contribution in [2.75, 3.05) is 20.1 Å². The summed E-state index contributed by atoms with van der Waals surface area (Å²) in [5, 5.41) is 10.7. The van der Waals surface area contributed by atoms with Gasteiger partial charge in [0.2, 0.25) is 0 Å². The molecule has 2 aliphatic rings. The van der Waals surface area contributed by atoms with Gasteiger partial charge in [-0.25, -0.2) is 4.79 Å². The summed E-state index contributed by atoms with van der Waals surface area (Å²) in [6, 6.07) is 0.405. The standard InChI is InChI=1S/C12H22N4O/c1-9(2)16-7-4-5-12(6-8-16)10(13)14-11(17)15(12)3/h9H,4-8H2,1-3H3,(H2,13,14,17). The van der Waals surface area contributed by atoms with Crippen LogP contribution in [0.4, 0.5) is 4.79 Å². The molecular formula is C12H22N4O. The number of amides is 2. The number of likely N-dealkylation sites (tertiary alicyclic amines) is 1. The van der Waals surface area contributed by atoms with E-state index in [1.165, 1.54) is 0 Å². The number of urea groups is 1. The van der Waals surface area contributed by atoms with Crippen LogP contribution in [0.25, 0.3) is 0 Å². The van der Waals surface area contributed by atoms with Crippen LogP contribution in [0.5, 0.6) is 0 Å². The van der Waals surface area contributed by atoms with E-state index in [0.29, 0.717) is 11.9 Å². The molecule has 1 spiro atoms. The minimum atomic E-state index is -0.374. The molecule has 5 nitrogen and oxygen atoms in total. The van der Waals surface area contributed by atoms with Gasteiger partial charge >= 0.3 is 6.03 Å². The van der Waals surface area contributed by atoms with Gasteiger partial charge in [0, 0.05) is 19.6 Å². The zero-order chi connectivity index (χ0) is 12.6. The molecule has 96 valence electrons. The number of amidine groups is 1. The summed E-state index contributed by atoms with van der Waals surface area (Å²) in [5.74, 6) is 0.385. The van der Waals surface area contributed by atoms with Gasteiger partial charge in [-0.05, 0) is 39.7 Å². The molecule has 2 N–H and O–H groups in total. The van der Waals surface area contributed by atoms with Gasteiger partial charge in [-0.3, -0.25) is 10.7 Å². The SMILES string of the molecule is CC(C)N1CCCC2(CC1)C(=N)NC(=O)N2C. The normalized spacial score (nSPS) is 31.2. The Hall–Kier alpha value is -1.10. The van der Waals surface area contributed by atoms with Crippen LogP contribution in [0.15, 0.2) is 0 Å². The van der Waals surface area contributed by atoms with Gasteiger partial charge in [-0.2, -0.15) is 0 Å². The maximum atomic E-state index is 11.6. The van der Waals surface area contributed by atoms with Crippen LogP contribution >= 0.6 is 0 Å². The number of rotatable bonds is 1. The summed E-state index contributed by atoms with van der Waals surface area (Å²) in [4.78, 5) is 15.8. The minimum Gasteiger partial charge on any atom is -0.315 e. The Labute approximate surface area is 103 Å². The van der Waals surface area contributed by atoms with Crippen LogP contribution in [-0.4, -0.2) is 53.4 Å². The number of hydrogen-bond acceptors (Lipinski definition) is 3. The fraction of sp³-hybridized carbons (Fsp3) is 0.833. The summed E-state index contributed by atoms with van der Waals surface area (Å²) >= 11 is 0. The van der Waals surface area contributed by atoms with Crippen LogP contribution in [0.1, 0.15) is 33.1 Å². The van der Waals surface area contributed by atoms with Crippen molar-refractivity contribution in [3.05, 3.63) is 0 Å². The highest BCUT2D eigenvalue weighted by Gasteiger charge is 2.48. The number of likely N-dealkylation sites (N-methyl/N-ethyl adjacent to an activating group) is 1. The Bertz CT molecular complexity index is 341. The van der Waals surface area contributed by atoms with Gasteiger partial charge in [0.15, 0.2) is 0 Å². The van der Waals surface area contributed by atoms with Crippen molar-refractivity contribution in [3.63, 3.8) is 0 Å². The molecule has 2 saturated heterocycles. The number of nitrogens with zero attached hydrogens (tertiary/aromatic N) is 2. The van der Waals surface area contributed by atoms with E-state index in [9.17, 15) is 4.79 Å². The van der Waals surface area contributed by atoms with Crippen molar-refractivity contribution < 1.29 is 4.79 Å². The molecule has 2 aliphatic heterocycles. The van der Waals surface area contributed by atoms with E-state index < -0.39 is 0 Å². The Morgan fingerprint density at radius 1 is 1.35 bits per heavy atom. The molecule has 1 atom stereocenters. The smallest absolute Gasteiger partial charge is 0.315 e. The molecule has 2 heterocycles. The molecule has 0 bridgehead atoms. The van der Waals surface area contributed by atoms with Crippen LogP contribution in [0.2, 0.25) is 0 Å². The van der Waals surface area contributed by atoms with Gasteiger partial charge in [-0.15, -0.1) is 0 Å². The van der Waals surface area contributed by atoms with Gasteiger partial charge in [0.1, 0.15) is 11.4 Å². The molecule has 2 rings (SSSR count). The summed E-state index contributed by atoms with van der Waals surface area (Å²) in [6.45, 7) is 6.42. The van der Waals surface area contributed by atoms with E-state index in [2.05, 4.69) is 24.1 Å². The topological polar surface area (TPSA) is 59.4 Å². The average Bonchev–Trinajstić information content (AvgIpc) is 2.49. The van der Waals surface area contributed by atoms with E-state index >= 15 is 0 Å². The summed E-state index contributed by atoms with van der Waals surface area (Å²) < 4.78 is 0. The molecule has 0 aromatic rings. The molecule has 0 aromatic carbocycles. The molecule has 17 heavy (non-hydrogen) atoms. The summed E-state index contributed by atoms with van der Waals surface area (Å²) in [7, 11) is 1.81. The minimum absolute atomic E-state index is 0.131. The Kier molecular flexibility index (Phi) is 3.12. The lowest BCUT2D eigenvalue weighted by atomic mass is 9.89. The van der Waals surface area contributed by atoms with E-state index in [-0.39, 0.29) is 11.6 Å². The lowest BCUT2D eigenvalue weighted by Gasteiger charge is -2.33. The van der Waals surface area contributed by atoms with Crippen molar-refractivity contribution in [2.45, 2.75) is 44.7 Å². The molecule has 0 aromatic heterocycles. The molecular weight excluding hydrogens is 216 g/mol. The third kappa shape index (κ3) is 1.92. The van der Waals surface area contributed by atoms with E-state index in [0.717, 1.165) is 32.4 Å². The Morgan fingerprint density at radius 3 is 2.59 bits per heavy atom. The Balaban J connectivity index is 2.17. The van der Waals surface area contributed by atoms with Crippen molar-refractivity contribution in [2.24, 2.45) is 0 Å². The molecule has 0 radical (unpaired) electrons. The van der Waals surface area contributed by atoms with Gasteiger partial charge in [-0.1, -0.05) is 0 Å². The van der Waals surface area contributed by atoms with Crippen molar-refractivity contribution in [1.82, 2.24) is 15.1 Å². The van der Waals surface area contributed by atoms with Gasteiger partial charge in [0.25, 0.3) is 0 Å². The van der Waals surface area contributed by atoms with E-state index in [1.807, 2.05) is 7.05 Å². The largest absolute Gasteiger partial charge is 0.323 e. The van der Waals surface area contributed by atoms with Gasteiger partial charge < -0.3 is 9.80 Å². The Morgan fingerprint density at radius 2 is 2.06 bits per heavy atom. The monoisotopic (exact) mass is 238 g/mol. The first-order valence-corrected chi connectivity index (χ1v) is 6.35. The van der Waals surface area contributed by atoms with Crippen molar-refractivity contribution in [1.29, 1.82) is 5.41 Å². The molecule has 0 saturated carbocycles. The third-order valence-corrected chi connectivity index (χ3v) is 4.22. The highest BCUT2D eigenvalue weighted by Crippen LogP contribution is 2.32. The maximum Gasteiger partial charge on any atom is 0.323 e.